The lowest BCUT2D eigenvalue weighted by atomic mass is 10.2. The Kier molecular flexibility index (Phi) is 6.45. The van der Waals surface area contributed by atoms with Crippen LogP contribution < -0.4 is 10.0 Å². The van der Waals surface area contributed by atoms with Crippen molar-refractivity contribution in [3.05, 3.63) is 18.2 Å². The Morgan fingerprint density at radius 1 is 1.27 bits per heavy atom. The molecule has 0 amide bonds. The highest BCUT2D eigenvalue weighted by molar-refractivity contribution is 7.89. The molecule has 1 fully saturated rings. The zero-order chi connectivity index (χ0) is 18.1. The maximum absolute atomic E-state index is 13.4. The van der Waals surface area contributed by atoms with E-state index in [-0.39, 0.29) is 41.4 Å². The van der Waals surface area contributed by atoms with Gasteiger partial charge in [-0.1, -0.05) is 6.07 Å². The lowest BCUT2D eigenvalue weighted by Gasteiger charge is -2.35. The minimum Gasteiger partial charge on any atom is -0.314 e. The molecule has 1 aromatic carbocycles. The number of alkyl halides is 3. The van der Waals surface area contributed by atoms with Crippen molar-refractivity contribution in [2.75, 3.05) is 32.7 Å². The summed E-state index contributed by atoms with van der Waals surface area (Å²) in [4.78, 5) is 0.949. The first-order valence-corrected chi connectivity index (χ1v) is 9.00. The number of hydrogen-bond donors (Lipinski definition) is 2. The van der Waals surface area contributed by atoms with E-state index in [1.54, 1.807) is 0 Å². The fourth-order valence-corrected chi connectivity index (χ4v) is 3.90. The van der Waals surface area contributed by atoms with E-state index >= 15 is 0 Å². The molecule has 1 saturated heterocycles. The SMILES string of the molecule is Cl.O=S(=O)(NCC(N1CCNCC1)C(F)(F)F)c1cccc2nonc12. The number of hydrogen-bond acceptors (Lipinski definition) is 7. The maximum Gasteiger partial charge on any atom is 0.405 e. The normalized spacial score (nSPS) is 17.8. The predicted octanol–water partition coefficient (Wildman–Crippen LogP) is 0.759. The summed E-state index contributed by atoms with van der Waals surface area (Å²) < 4.78 is 71.5. The summed E-state index contributed by atoms with van der Waals surface area (Å²) in [5.74, 6) is 0. The van der Waals surface area contributed by atoms with Gasteiger partial charge in [-0.15, -0.1) is 12.4 Å². The van der Waals surface area contributed by atoms with E-state index in [1.807, 2.05) is 4.72 Å². The molecule has 1 unspecified atom stereocenters. The van der Waals surface area contributed by atoms with Crippen LogP contribution in [0.25, 0.3) is 11.0 Å². The van der Waals surface area contributed by atoms with Gasteiger partial charge in [-0.3, -0.25) is 4.90 Å². The predicted molar refractivity (Wildman–Crippen MR) is 88.5 cm³/mol. The summed E-state index contributed by atoms with van der Waals surface area (Å²) in [6, 6.07) is 2.24. The van der Waals surface area contributed by atoms with E-state index in [2.05, 4.69) is 20.3 Å². The molecule has 3 rings (SSSR count). The highest BCUT2D eigenvalue weighted by atomic mass is 35.5. The first kappa shape index (κ1) is 20.8. The zero-order valence-electron chi connectivity index (χ0n) is 13.4. The van der Waals surface area contributed by atoms with Crippen LogP contribution in [0.15, 0.2) is 27.7 Å². The molecule has 1 atom stereocenters. The Labute approximate surface area is 153 Å². The van der Waals surface area contributed by atoms with E-state index < -0.39 is 28.8 Å². The van der Waals surface area contributed by atoms with E-state index in [0.29, 0.717) is 13.1 Å². The third kappa shape index (κ3) is 4.43. The third-order valence-electron chi connectivity index (χ3n) is 3.98. The van der Waals surface area contributed by atoms with Gasteiger partial charge in [0, 0.05) is 32.7 Å². The number of rotatable bonds is 5. The van der Waals surface area contributed by atoms with E-state index in [9.17, 15) is 21.6 Å². The first-order chi connectivity index (χ1) is 11.8. The van der Waals surface area contributed by atoms with Crippen molar-refractivity contribution in [3.8, 4) is 0 Å². The average Bonchev–Trinajstić information content (AvgIpc) is 3.03. The van der Waals surface area contributed by atoms with Crippen LogP contribution in [0.2, 0.25) is 0 Å². The minimum absolute atomic E-state index is 0. The van der Waals surface area contributed by atoms with Gasteiger partial charge in [0.2, 0.25) is 10.0 Å². The molecule has 146 valence electrons. The van der Waals surface area contributed by atoms with Gasteiger partial charge in [-0.05, 0) is 22.4 Å². The van der Waals surface area contributed by atoms with Crippen molar-refractivity contribution < 1.29 is 26.2 Å². The van der Waals surface area contributed by atoms with Gasteiger partial charge >= 0.3 is 6.18 Å². The second-order valence-corrected chi connectivity index (χ2v) is 7.32. The van der Waals surface area contributed by atoms with Gasteiger partial charge in [0.25, 0.3) is 0 Å². The summed E-state index contributed by atoms with van der Waals surface area (Å²) in [7, 11) is -4.21. The van der Waals surface area contributed by atoms with Crippen molar-refractivity contribution in [1.82, 2.24) is 25.3 Å². The monoisotopic (exact) mass is 415 g/mol. The van der Waals surface area contributed by atoms with E-state index in [0.717, 1.165) is 0 Å². The fourth-order valence-electron chi connectivity index (χ4n) is 2.71. The van der Waals surface area contributed by atoms with Gasteiger partial charge in [-0.2, -0.15) is 13.2 Å². The second-order valence-electron chi connectivity index (χ2n) is 5.58. The molecule has 0 aliphatic carbocycles. The van der Waals surface area contributed by atoms with Crippen molar-refractivity contribution in [3.63, 3.8) is 0 Å². The largest absolute Gasteiger partial charge is 0.405 e. The molecule has 26 heavy (non-hydrogen) atoms. The minimum atomic E-state index is -4.55. The molecule has 2 heterocycles. The zero-order valence-corrected chi connectivity index (χ0v) is 15.0. The lowest BCUT2D eigenvalue weighted by Crippen LogP contribution is -2.57. The number of fused-ring (bicyclic) bond motifs is 1. The summed E-state index contributed by atoms with van der Waals surface area (Å²) in [6.45, 7) is 0.434. The number of nitrogens with one attached hydrogen (secondary N) is 2. The summed E-state index contributed by atoms with van der Waals surface area (Å²) >= 11 is 0. The van der Waals surface area contributed by atoms with E-state index in [4.69, 9.17) is 0 Å². The molecule has 13 heteroatoms. The van der Waals surface area contributed by atoms with Crippen LogP contribution in [0.4, 0.5) is 13.2 Å². The Bertz CT molecular complexity index is 839. The molecule has 8 nitrogen and oxygen atoms in total. The number of halogens is 4. The first-order valence-electron chi connectivity index (χ1n) is 7.51. The summed E-state index contributed by atoms with van der Waals surface area (Å²) in [5, 5.41) is 9.99. The Morgan fingerprint density at radius 2 is 1.96 bits per heavy atom. The Hall–Kier alpha value is -1.47. The summed E-state index contributed by atoms with van der Waals surface area (Å²) in [6.07, 6.45) is -4.55. The Balaban J connectivity index is 0.00000243. The third-order valence-corrected chi connectivity index (χ3v) is 5.43. The highest BCUT2D eigenvalue weighted by Crippen LogP contribution is 2.26. The standard InChI is InChI=1S/C13H16F3N5O3S.ClH/c14-13(15,16)11(21-6-4-17-5-7-21)8-18-25(22,23)10-3-1-2-9-12(10)20-24-19-9;/h1-3,11,17-18H,4-8H2;1H. The van der Waals surface area contributed by atoms with Gasteiger partial charge < -0.3 is 5.32 Å². The highest BCUT2D eigenvalue weighted by Gasteiger charge is 2.44. The number of aromatic nitrogens is 2. The molecule has 1 aromatic heterocycles. The van der Waals surface area contributed by atoms with Crippen LogP contribution in [-0.4, -0.2) is 68.6 Å². The maximum atomic E-state index is 13.4. The van der Waals surface area contributed by atoms with Crippen LogP contribution in [0.3, 0.4) is 0 Å². The average molecular weight is 416 g/mol. The second kappa shape index (κ2) is 8.05. The van der Waals surface area contributed by atoms with Crippen LogP contribution in [0.5, 0.6) is 0 Å². The molecule has 1 aliphatic rings. The number of nitrogens with zero attached hydrogens (tertiary/aromatic N) is 3. The van der Waals surface area contributed by atoms with Crippen LogP contribution in [0, 0.1) is 0 Å². The smallest absolute Gasteiger partial charge is 0.314 e. The van der Waals surface area contributed by atoms with Crippen molar-refractivity contribution in [2.24, 2.45) is 0 Å². The van der Waals surface area contributed by atoms with Crippen LogP contribution >= 0.6 is 12.4 Å². The molecule has 1 aliphatic heterocycles. The molecule has 0 saturated carbocycles. The molecule has 0 bridgehead atoms. The lowest BCUT2D eigenvalue weighted by molar-refractivity contribution is -0.182. The number of piperazine rings is 1. The molecule has 2 aromatic rings. The Morgan fingerprint density at radius 3 is 2.62 bits per heavy atom. The number of benzene rings is 1. The summed E-state index contributed by atoms with van der Waals surface area (Å²) in [5.41, 5.74) is 0.179. The molecular weight excluding hydrogens is 399 g/mol. The molecular formula is C13H17ClF3N5O3S. The van der Waals surface area contributed by atoms with Crippen LogP contribution in [0.1, 0.15) is 0 Å². The van der Waals surface area contributed by atoms with Gasteiger partial charge in [0.05, 0.1) is 0 Å². The van der Waals surface area contributed by atoms with Crippen LogP contribution in [-0.2, 0) is 10.0 Å². The van der Waals surface area contributed by atoms with Gasteiger partial charge in [0.15, 0.2) is 5.52 Å². The van der Waals surface area contributed by atoms with Crippen molar-refractivity contribution in [1.29, 1.82) is 0 Å². The topological polar surface area (TPSA) is 100 Å². The van der Waals surface area contributed by atoms with E-state index in [1.165, 1.54) is 23.1 Å². The molecule has 2 N–H and O–H groups in total. The van der Waals surface area contributed by atoms with Gasteiger partial charge in [0.1, 0.15) is 16.5 Å². The molecule has 0 radical (unpaired) electrons. The fraction of sp³-hybridized carbons (Fsp3) is 0.538. The van der Waals surface area contributed by atoms with Crippen molar-refractivity contribution >= 4 is 33.5 Å². The van der Waals surface area contributed by atoms with Gasteiger partial charge in [-0.25, -0.2) is 17.8 Å². The van der Waals surface area contributed by atoms with Crippen molar-refractivity contribution in [2.45, 2.75) is 17.1 Å². The molecule has 0 spiro atoms. The number of sulfonamides is 1. The quantitative estimate of drug-likeness (QED) is 0.743.